The van der Waals surface area contributed by atoms with Crippen molar-refractivity contribution < 1.29 is 9.53 Å². The number of likely N-dealkylation sites (N-methyl/N-ethyl adjacent to an activating group) is 1. The maximum atomic E-state index is 11.2. The van der Waals surface area contributed by atoms with Crippen LogP contribution in [0.2, 0.25) is 5.02 Å². The molecule has 1 aromatic rings. The first-order valence-electron chi connectivity index (χ1n) is 5.06. The molecule has 16 heavy (non-hydrogen) atoms. The maximum Gasteiger partial charge on any atom is 0.320 e. The molecule has 0 aliphatic heterocycles. The monoisotopic (exact) mass is 242 g/mol. The summed E-state index contributed by atoms with van der Waals surface area (Å²) in [5.41, 5.74) is 0.948. The van der Waals surface area contributed by atoms with Gasteiger partial charge in [0.05, 0.1) is 18.2 Å². The van der Waals surface area contributed by atoms with Crippen LogP contribution in [0.25, 0.3) is 0 Å². The van der Waals surface area contributed by atoms with Gasteiger partial charge in [0, 0.05) is 18.9 Å². The van der Waals surface area contributed by atoms with E-state index in [1.807, 2.05) is 18.0 Å². The van der Waals surface area contributed by atoms with E-state index in [1.54, 1.807) is 19.3 Å². The summed E-state index contributed by atoms with van der Waals surface area (Å²) >= 11 is 5.96. The third-order valence-electron chi connectivity index (χ3n) is 2.00. The zero-order valence-electron chi connectivity index (χ0n) is 9.44. The predicted octanol–water partition coefficient (Wildman–Crippen LogP) is 1.73. The number of hydrogen-bond acceptors (Lipinski definition) is 4. The molecule has 1 rings (SSSR count). The highest BCUT2D eigenvalue weighted by molar-refractivity contribution is 6.31. The second-order valence-electron chi connectivity index (χ2n) is 3.44. The molecule has 0 spiro atoms. The van der Waals surface area contributed by atoms with Gasteiger partial charge in [0.25, 0.3) is 0 Å². The van der Waals surface area contributed by atoms with Crippen LogP contribution in [0.5, 0.6) is 0 Å². The SMILES string of the molecule is CCOC(=O)CN(C)Cc1ccncc1Cl. The Bertz CT molecular complexity index is 358. The third-order valence-corrected chi connectivity index (χ3v) is 2.34. The number of halogens is 1. The van der Waals surface area contributed by atoms with Crippen LogP contribution in [0.15, 0.2) is 18.5 Å². The molecule has 0 amide bonds. The van der Waals surface area contributed by atoms with Gasteiger partial charge in [-0.15, -0.1) is 0 Å². The van der Waals surface area contributed by atoms with Crippen molar-refractivity contribution in [2.24, 2.45) is 0 Å². The summed E-state index contributed by atoms with van der Waals surface area (Å²) in [7, 11) is 1.84. The summed E-state index contributed by atoms with van der Waals surface area (Å²) in [6.45, 7) is 3.05. The van der Waals surface area contributed by atoms with Crippen molar-refractivity contribution in [2.75, 3.05) is 20.2 Å². The summed E-state index contributed by atoms with van der Waals surface area (Å²) in [6, 6.07) is 1.84. The molecule has 0 aromatic carbocycles. The molecule has 0 saturated heterocycles. The van der Waals surface area contributed by atoms with Gasteiger partial charge in [-0.05, 0) is 25.6 Å². The van der Waals surface area contributed by atoms with Gasteiger partial charge in [-0.3, -0.25) is 14.7 Å². The standard InChI is InChI=1S/C11H15ClN2O2/c1-3-16-11(15)8-14(2)7-9-4-5-13-6-10(9)12/h4-6H,3,7-8H2,1-2H3. The number of ether oxygens (including phenoxy) is 1. The molecule has 0 fully saturated rings. The van der Waals surface area contributed by atoms with Crippen LogP contribution in [-0.4, -0.2) is 36.1 Å². The summed E-state index contributed by atoms with van der Waals surface area (Å²) in [4.78, 5) is 17.0. The number of nitrogens with zero attached hydrogens (tertiary/aromatic N) is 2. The highest BCUT2D eigenvalue weighted by Crippen LogP contribution is 2.14. The fraction of sp³-hybridized carbons (Fsp3) is 0.455. The van der Waals surface area contributed by atoms with Gasteiger partial charge in [0.15, 0.2) is 0 Å². The Morgan fingerprint density at radius 3 is 3.00 bits per heavy atom. The molecule has 88 valence electrons. The lowest BCUT2D eigenvalue weighted by molar-refractivity contribution is -0.144. The molecular formula is C11H15ClN2O2. The predicted molar refractivity (Wildman–Crippen MR) is 62.2 cm³/mol. The van der Waals surface area contributed by atoms with Crippen LogP contribution in [-0.2, 0) is 16.1 Å². The average Bonchev–Trinajstić information content (AvgIpc) is 2.21. The molecule has 4 nitrogen and oxygen atoms in total. The van der Waals surface area contributed by atoms with E-state index in [1.165, 1.54) is 0 Å². The van der Waals surface area contributed by atoms with Gasteiger partial charge in [0.1, 0.15) is 0 Å². The first-order chi connectivity index (χ1) is 7.63. The first kappa shape index (κ1) is 12.9. The van der Waals surface area contributed by atoms with Gasteiger partial charge in [0.2, 0.25) is 0 Å². The number of esters is 1. The Hall–Kier alpha value is -1.13. The van der Waals surface area contributed by atoms with E-state index < -0.39 is 0 Å². The first-order valence-corrected chi connectivity index (χ1v) is 5.43. The number of carbonyl (C=O) groups is 1. The van der Waals surface area contributed by atoms with Crippen molar-refractivity contribution in [3.05, 3.63) is 29.0 Å². The van der Waals surface area contributed by atoms with E-state index >= 15 is 0 Å². The van der Waals surface area contributed by atoms with Crippen molar-refractivity contribution in [3.8, 4) is 0 Å². The smallest absolute Gasteiger partial charge is 0.320 e. The lowest BCUT2D eigenvalue weighted by Gasteiger charge is -2.15. The van der Waals surface area contributed by atoms with E-state index in [9.17, 15) is 4.79 Å². The molecule has 0 N–H and O–H groups in total. The molecule has 0 radical (unpaired) electrons. The van der Waals surface area contributed by atoms with Crippen molar-refractivity contribution in [1.29, 1.82) is 0 Å². The Morgan fingerprint density at radius 2 is 2.38 bits per heavy atom. The lowest BCUT2D eigenvalue weighted by Crippen LogP contribution is -2.27. The van der Waals surface area contributed by atoms with Crippen molar-refractivity contribution in [1.82, 2.24) is 9.88 Å². The maximum absolute atomic E-state index is 11.2. The number of carbonyl (C=O) groups excluding carboxylic acids is 1. The number of rotatable bonds is 5. The van der Waals surface area contributed by atoms with Gasteiger partial charge in [-0.25, -0.2) is 0 Å². The topological polar surface area (TPSA) is 42.4 Å². The van der Waals surface area contributed by atoms with Crippen LogP contribution < -0.4 is 0 Å². The normalized spacial score (nSPS) is 10.5. The Balaban J connectivity index is 2.48. The van der Waals surface area contributed by atoms with Gasteiger partial charge in [-0.2, -0.15) is 0 Å². The van der Waals surface area contributed by atoms with Crippen LogP contribution in [0.1, 0.15) is 12.5 Å². The van der Waals surface area contributed by atoms with E-state index in [0.29, 0.717) is 18.2 Å². The van der Waals surface area contributed by atoms with Crippen LogP contribution >= 0.6 is 11.6 Å². The van der Waals surface area contributed by atoms with Crippen LogP contribution in [0.4, 0.5) is 0 Å². The summed E-state index contributed by atoms with van der Waals surface area (Å²) in [5.74, 6) is -0.227. The Labute approximate surface area is 100 Å². The minimum atomic E-state index is -0.227. The minimum absolute atomic E-state index is 0.227. The molecule has 1 aromatic heterocycles. The van der Waals surface area contributed by atoms with Gasteiger partial charge >= 0.3 is 5.97 Å². The summed E-state index contributed by atoms with van der Waals surface area (Å²) < 4.78 is 4.85. The minimum Gasteiger partial charge on any atom is -0.465 e. The van der Waals surface area contributed by atoms with Gasteiger partial charge in [-0.1, -0.05) is 11.6 Å². The van der Waals surface area contributed by atoms with Crippen molar-refractivity contribution in [3.63, 3.8) is 0 Å². The summed E-state index contributed by atoms with van der Waals surface area (Å²) in [5, 5.41) is 0.609. The third kappa shape index (κ3) is 4.16. The molecule has 5 heteroatoms. The highest BCUT2D eigenvalue weighted by Gasteiger charge is 2.09. The number of aromatic nitrogens is 1. The molecule has 0 saturated carbocycles. The second-order valence-corrected chi connectivity index (χ2v) is 3.85. The van der Waals surface area contributed by atoms with Gasteiger partial charge < -0.3 is 4.74 Å². The molecular weight excluding hydrogens is 228 g/mol. The average molecular weight is 243 g/mol. The molecule has 1 heterocycles. The molecule has 0 aliphatic carbocycles. The quantitative estimate of drug-likeness (QED) is 0.738. The zero-order valence-corrected chi connectivity index (χ0v) is 10.2. The van der Waals surface area contributed by atoms with E-state index in [-0.39, 0.29) is 12.5 Å². The van der Waals surface area contributed by atoms with E-state index in [2.05, 4.69) is 4.98 Å². The Morgan fingerprint density at radius 1 is 1.62 bits per heavy atom. The van der Waals surface area contributed by atoms with Crippen molar-refractivity contribution >= 4 is 17.6 Å². The fourth-order valence-corrected chi connectivity index (χ4v) is 1.49. The van der Waals surface area contributed by atoms with Crippen molar-refractivity contribution in [2.45, 2.75) is 13.5 Å². The number of pyridine rings is 1. The van der Waals surface area contributed by atoms with Crippen LogP contribution in [0.3, 0.4) is 0 Å². The molecule has 0 unspecified atom stereocenters. The number of hydrogen-bond donors (Lipinski definition) is 0. The van der Waals surface area contributed by atoms with Crippen LogP contribution in [0, 0.1) is 0 Å². The second kappa shape index (κ2) is 6.45. The van der Waals surface area contributed by atoms with E-state index in [4.69, 9.17) is 16.3 Å². The molecule has 0 aliphatic rings. The fourth-order valence-electron chi connectivity index (χ4n) is 1.31. The van der Waals surface area contributed by atoms with E-state index in [0.717, 1.165) is 5.56 Å². The zero-order chi connectivity index (χ0) is 12.0. The summed E-state index contributed by atoms with van der Waals surface area (Å²) in [6.07, 6.45) is 3.27. The molecule has 0 bridgehead atoms. The Kier molecular flexibility index (Phi) is 5.22. The lowest BCUT2D eigenvalue weighted by atomic mass is 10.2. The molecule has 0 atom stereocenters. The largest absolute Gasteiger partial charge is 0.465 e. The highest BCUT2D eigenvalue weighted by atomic mass is 35.5.